The van der Waals surface area contributed by atoms with Crippen LogP contribution in [0.2, 0.25) is 0 Å². The Morgan fingerprint density at radius 3 is 2.92 bits per heavy atom. The SMILES string of the molecule is CCCc1nc2c(c(=O)[nH]1)CCN(Cc1ccccc1OC(F)F)C2. The zero-order chi connectivity index (χ0) is 17.8. The number of hydrogen-bond donors (Lipinski definition) is 1. The number of hydrogen-bond acceptors (Lipinski definition) is 4. The van der Waals surface area contributed by atoms with E-state index in [9.17, 15) is 13.6 Å². The molecule has 5 nitrogen and oxygen atoms in total. The van der Waals surface area contributed by atoms with Crippen molar-refractivity contribution in [1.82, 2.24) is 14.9 Å². The molecule has 0 radical (unpaired) electrons. The summed E-state index contributed by atoms with van der Waals surface area (Å²) in [6.07, 6.45) is 2.24. The van der Waals surface area contributed by atoms with Crippen molar-refractivity contribution in [2.45, 2.75) is 45.9 Å². The number of aryl methyl sites for hydroxylation is 1. The number of aromatic amines is 1. The quantitative estimate of drug-likeness (QED) is 0.871. The number of fused-ring (bicyclic) bond motifs is 1. The Bertz CT molecular complexity index is 792. The van der Waals surface area contributed by atoms with Crippen LogP contribution in [0.5, 0.6) is 5.75 Å². The van der Waals surface area contributed by atoms with Crippen molar-refractivity contribution in [2.24, 2.45) is 0 Å². The molecule has 2 aromatic rings. The Morgan fingerprint density at radius 1 is 1.36 bits per heavy atom. The number of rotatable bonds is 6. The van der Waals surface area contributed by atoms with E-state index in [1.165, 1.54) is 0 Å². The van der Waals surface area contributed by atoms with E-state index < -0.39 is 6.61 Å². The molecule has 25 heavy (non-hydrogen) atoms. The first kappa shape index (κ1) is 17.5. The van der Waals surface area contributed by atoms with Crippen LogP contribution >= 0.6 is 0 Å². The number of H-pyrrole nitrogens is 1. The van der Waals surface area contributed by atoms with E-state index in [4.69, 9.17) is 0 Å². The van der Waals surface area contributed by atoms with Crippen LogP contribution in [0.1, 0.15) is 36.0 Å². The van der Waals surface area contributed by atoms with E-state index in [-0.39, 0.29) is 11.3 Å². The predicted molar refractivity (Wildman–Crippen MR) is 89.7 cm³/mol. The molecular weight excluding hydrogens is 328 g/mol. The van der Waals surface area contributed by atoms with Gasteiger partial charge in [-0.1, -0.05) is 25.1 Å². The van der Waals surface area contributed by atoms with Gasteiger partial charge >= 0.3 is 6.61 Å². The molecular formula is C18H21F2N3O2. The molecule has 0 fully saturated rings. The molecule has 0 bridgehead atoms. The second-order valence-corrected chi connectivity index (χ2v) is 6.13. The first-order valence-corrected chi connectivity index (χ1v) is 8.42. The third-order valence-corrected chi connectivity index (χ3v) is 4.27. The van der Waals surface area contributed by atoms with Gasteiger partial charge in [0.25, 0.3) is 5.56 Å². The first-order chi connectivity index (χ1) is 12.1. The Kier molecular flexibility index (Phi) is 5.43. The molecule has 134 valence electrons. The van der Waals surface area contributed by atoms with Gasteiger partial charge in [-0.3, -0.25) is 9.69 Å². The lowest BCUT2D eigenvalue weighted by Gasteiger charge is -2.28. The smallest absolute Gasteiger partial charge is 0.387 e. The number of nitrogens with one attached hydrogen (secondary N) is 1. The number of para-hydroxylation sites is 1. The van der Waals surface area contributed by atoms with Crippen molar-refractivity contribution < 1.29 is 13.5 Å². The van der Waals surface area contributed by atoms with E-state index in [1.54, 1.807) is 24.3 Å². The molecule has 1 aromatic carbocycles. The standard InChI is InChI=1S/C18H21F2N3O2/c1-2-5-16-21-14-11-23(9-8-13(14)17(24)22-16)10-12-6-3-4-7-15(12)25-18(19)20/h3-4,6-7,18H,2,5,8-11H2,1H3,(H,21,22,24). The third kappa shape index (κ3) is 4.22. The lowest BCUT2D eigenvalue weighted by Crippen LogP contribution is -2.35. The Morgan fingerprint density at radius 2 is 2.16 bits per heavy atom. The fraction of sp³-hybridized carbons (Fsp3) is 0.444. The van der Waals surface area contributed by atoms with Crippen LogP contribution in [0, 0.1) is 0 Å². The lowest BCUT2D eigenvalue weighted by molar-refractivity contribution is -0.0508. The molecule has 0 aliphatic carbocycles. The van der Waals surface area contributed by atoms with Gasteiger partial charge in [-0.15, -0.1) is 0 Å². The summed E-state index contributed by atoms with van der Waals surface area (Å²) in [5.74, 6) is 0.892. The molecule has 2 heterocycles. The zero-order valence-electron chi connectivity index (χ0n) is 14.1. The second kappa shape index (κ2) is 7.74. The predicted octanol–water partition coefficient (Wildman–Crippen LogP) is 2.88. The van der Waals surface area contributed by atoms with Crippen molar-refractivity contribution in [2.75, 3.05) is 6.54 Å². The van der Waals surface area contributed by atoms with Crippen LogP contribution in [-0.4, -0.2) is 28.0 Å². The van der Waals surface area contributed by atoms with Gasteiger partial charge in [-0.25, -0.2) is 4.98 Å². The molecule has 0 unspecified atom stereocenters. The van der Waals surface area contributed by atoms with Crippen LogP contribution in [0.25, 0.3) is 0 Å². The highest BCUT2D eigenvalue weighted by atomic mass is 19.3. The maximum Gasteiger partial charge on any atom is 0.387 e. The third-order valence-electron chi connectivity index (χ3n) is 4.27. The van der Waals surface area contributed by atoms with Crippen molar-refractivity contribution in [3.63, 3.8) is 0 Å². The van der Waals surface area contributed by atoms with Crippen LogP contribution in [0.3, 0.4) is 0 Å². The van der Waals surface area contributed by atoms with Gasteiger partial charge < -0.3 is 9.72 Å². The molecule has 1 N–H and O–H groups in total. The molecule has 1 aromatic heterocycles. The minimum atomic E-state index is -2.85. The minimum absolute atomic E-state index is 0.0606. The molecule has 0 spiro atoms. The van der Waals surface area contributed by atoms with Gasteiger partial charge in [0.2, 0.25) is 0 Å². The minimum Gasteiger partial charge on any atom is -0.434 e. The molecule has 0 saturated carbocycles. The monoisotopic (exact) mass is 349 g/mol. The molecule has 0 saturated heterocycles. The van der Waals surface area contributed by atoms with Crippen molar-refractivity contribution in [1.29, 1.82) is 0 Å². The van der Waals surface area contributed by atoms with Crippen LogP contribution in [0.4, 0.5) is 8.78 Å². The van der Waals surface area contributed by atoms with E-state index in [1.807, 2.05) is 6.92 Å². The normalized spacial score (nSPS) is 14.6. The Hall–Kier alpha value is -2.28. The number of alkyl halides is 2. The first-order valence-electron chi connectivity index (χ1n) is 8.42. The molecule has 7 heteroatoms. The fourth-order valence-corrected chi connectivity index (χ4v) is 3.12. The number of nitrogens with zero attached hydrogens (tertiary/aromatic N) is 2. The topological polar surface area (TPSA) is 58.2 Å². The Labute approximate surface area is 144 Å². The van der Waals surface area contributed by atoms with Gasteiger partial charge in [0, 0.05) is 37.2 Å². The maximum absolute atomic E-state index is 12.6. The molecule has 0 atom stereocenters. The highest BCUT2D eigenvalue weighted by molar-refractivity contribution is 5.33. The van der Waals surface area contributed by atoms with Crippen LogP contribution < -0.4 is 10.3 Å². The van der Waals surface area contributed by atoms with E-state index in [0.29, 0.717) is 37.4 Å². The molecule has 0 amide bonds. The van der Waals surface area contributed by atoms with Crippen molar-refractivity contribution in [3.8, 4) is 5.75 Å². The van der Waals surface area contributed by atoms with Crippen LogP contribution in [-0.2, 0) is 25.9 Å². The molecule has 3 rings (SSSR count). The molecule has 1 aliphatic rings. The number of ether oxygens (including phenoxy) is 1. The number of halogens is 2. The summed E-state index contributed by atoms with van der Waals surface area (Å²) in [6, 6.07) is 6.79. The summed E-state index contributed by atoms with van der Waals surface area (Å²) >= 11 is 0. The summed E-state index contributed by atoms with van der Waals surface area (Å²) in [6.45, 7) is 0.860. The largest absolute Gasteiger partial charge is 0.434 e. The van der Waals surface area contributed by atoms with Gasteiger partial charge in [0.1, 0.15) is 11.6 Å². The highest BCUT2D eigenvalue weighted by Crippen LogP contribution is 2.24. The maximum atomic E-state index is 12.6. The summed E-state index contributed by atoms with van der Waals surface area (Å²) in [5.41, 5.74) is 2.15. The average Bonchev–Trinajstić information content (AvgIpc) is 2.56. The Balaban J connectivity index is 1.78. The summed E-state index contributed by atoms with van der Waals surface area (Å²) in [5, 5.41) is 0. The summed E-state index contributed by atoms with van der Waals surface area (Å²) in [4.78, 5) is 21.7. The average molecular weight is 349 g/mol. The van der Waals surface area contributed by atoms with Gasteiger partial charge in [0.15, 0.2) is 0 Å². The fourth-order valence-electron chi connectivity index (χ4n) is 3.12. The van der Waals surface area contributed by atoms with Gasteiger partial charge in [-0.2, -0.15) is 8.78 Å². The van der Waals surface area contributed by atoms with Gasteiger partial charge in [-0.05, 0) is 18.9 Å². The highest BCUT2D eigenvalue weighted by Gasteiger charge is 2.22. The van der Waals surface area contributed by atoms with E-state index in [0.717, 1.165) is 24.1 Å². The summed E-state index contributed by atoms with van der Waals surface area (Å²) in [7, 11) is 0. The summed E-state index contributed by atoms with van der Waals surface area (Å²) < 4.78 is 29.7. The number of aromatic nitrogens is 2. The lowest BCUT2D eigenvalue weighted by atomic mass is 10.0. The van der Waals surface area contributed by atoms with Crippen molar-refractivity contribution >= 4 is 0 Å². The van der Waals surface area contributed by atoms with E-state index >= 15 is 0 Å². The zero-order valence-corrected chi connectivity index (χ0v) is 14.1. The second-order valence-electron chi connectivity index (χ2n) is 6.13. The van der Waals surface area contributed by atoms with E-state index in [2.05, 4.69) is 19.6 Å². The number of benzene rings is 1. The van der Waals surface area contributed by atoms with Crippen LogP contribution in [0.15, 0.2) is 29.1 Å². The molecule has 1 aliphatic heterocycles. The van der Waals surface area contributed by atoms with Gasteiger partial charge in [0.05, 0.1) is 5.69 Å². The van der Waals surface area contributed by atoms with Crippen molar-refractivity contribution in [3.05, 3.63) is 57.3 Å².